The molecule has 1 fully saturated rings. The summed E-state index contributed by atoms with van der Waals surface area (Å²) in [6.45, 7) is 3.25. The quantitative estimate of drug-likeness (QED) is 0.248. The first kappa shape index (κ1) is 23.7. The highest BCUT2D eigenvalue weighted by molar-refractivity contribution is 5.96. The van der Waals surface area contributed by atoms with Crippen LogP contribution in [0.2, 0.25) is 0 Å². The van der Waals surface area contributed by atoms with Gasteiger partial charge in [0, 0.05) is 41.1 Å². The van der Waals surface area contributed by atoms with Crippen LogP contribution in [0.3, 0.4) is 0 Å². The molecular formula is C17H24N6O8. The van der Waals surface area contributed by atoms with Crippen molar-refractivity contribution in [1.29, 1.82) is 0 Å². The number of carbonyl (C=O) groups is 4. The van der Waals surface area contributed by atoms with Crippen LogP contribution in [0.25, 0.3) is 0 Å². The lowest BCUT2D eigenvalue weighted by Crippen LogP contribution is -2.40. The van der Waals surface area contributed by atoms with Crippen LogP contribution in [0.1, 0.15) is 37.4 Å². The lowest BCUT2D eigenvalue weighted by molar-refractivity contribution is -0.166. The van der Waals surface area contributed by atoms with E-state index in [-0.39, 0.29) is 18.0 Å². The number of primary amides is 1. The molecule has 2 rings (SSSR count). The third kappa shape index (κ3) is 6.21. The SMILES string of the molecule is CC(=O)OC[C@H]1O[C@@H](n2cc(C(N)=O)c(N=NN(C)C)n2)[C@H](OC(C)=O)[C@@H]1OC(C)=O. The Kier molecular flexibility index (Phi) is 7.63. The summed E-state index contributed by atoms with van der Waals surface area (Å²) in [6.07, 6.45) is -3.16. The lowest BCUT2D eigenvalue weighted by Gasteiger charge is -2.23. The fourth-order valence-electron chi connectivity index (χ4n) is 2.80. The predicted octanol–water partition coefficient (Wildman–Crippen LogP) is -0.134. The van der Waals surface area contributed by atoms with E-state index in [9.17, 15) is 19.2 Å². The van der Waals surface area contributed by atoms with E-state index in [1.54, 1.807) is 14.1 Å². The monoisotopic (exact) mass is 440 g/mol. The van der Waals surface area contributed by atoms with Crippen molar-refractivity contribution in [2.75, 3.05) is 20.7 Å². The summed E-state index contributed by atoms with van der Waals surface area (Å²) in [6, 6.07) is 0. The zero-order valence-corrected chi connectivity index (χ0v) is 17.7. The minimum absolute atomic E-state index is 0.0664. The molecule has 1 aromatic rings. The van der Waals surface area contributed by atoms with E-state index in [2.05, 4.69) is 15.4 Å². The first-order chi connectivity index (χ1) is 14.5. The summed E-state index contributed by atoms with van der Waals surface area (Å²) in [5.41, 5.74) is 5.32. The van der Waals surface area contributed by atoms with E-state index in [1.165, 1.54) is 25.1 Å². The predicted molar refractivity (Wildman–Crippen MR) is 101 cm³/mol. The van der Waals surface area contributed by atoms with Crippen LogP contribution in [-0.4, -0.2) is 77.6 Å². The number of nitrogens with zero attached hydrogens (tertiary/aromatic N) is 5. The highest BCUT2D eigenvalue weighted by Gasteiger charge is 2.51. The summed E-state index contributed by atoms with van der Waals surface area (Å²) >= 11 is 0. The van der Waals surface area contributed by atoms with Crippen LogP contribution in [0, 0.1) is 0 Å². The molecule has 0 bridgehead atoms. The van der Waals surface area contributed by atoms with E-state index < -0.39 is 48.4 Å². The summed E-state index contributed by atoms with van der Waals surface area (Å²) in [7, 11) is 3.23. The molecule has 1 aliphatic heterocycles. The van der Waals surface area contributed by atoms with Crippen LogP contribution in [0.15, 0.2) is 16.5 Å². The van der Waals surface area contributed by atoms with Gasteiger partial charge in [-0.2, -0.15) is 0 Å². The Balaban J connectivity index is 2.46. The van der Waals surface area contributed by atoms with E-state index >= 15 is 0 Å². The zero-order valence-electron chi connectivity index (χ0n) is 17.7. The van der Waals surface area contributed by atoms with E-state index in [0.29, 0.717) is 0 Å². The molecule has 0 saturated carbocycles. The van der Waals surface area contributed by atoms with Crippen molar-refractivity contribution in [2.24, 2.45) is 16.1 Å². The standard InChI is InChI=1S/C17H24N6O8/c1-8(24)28-7-12-13(29-9(2)25)14(30-10(3)26)17(31-12)23-6-11(15(18)27)16(20-23)19-21-22(4)5/h6,12-14,17H,7H2,1-5H3,(H2,18,27)/t12-,13-,14-,17-/m1/s1. The number of hydrogen-bond acceptors (Lipinski definition) is 11. The van der Waals surface area contributed by atoms with Crippen LogP contribution in [-0.2, 0) is 33.3 Å². The van der Waals surface area contributed by atoms with Gasteiger partial charge in [0.25, 0.3) is 5.91 Å². The molecule has 1 aliphatic rings. The molecule has 1 saturated heterocycles. The van der Waals surface area contributed by atoms with Crippen molar-refractivity contribution in [3.63, 3.8) is 0 Å². The van der Waals surface area contributed by atoms with Gasteiger partial charge in [-0.3, -0.25) is 24.2 Å². The molecule has 2 heterocycles. The molecule has 1 aromatic heterocycles. The van der Waals surface area contributed by atoms with Gasteiger partial charge in [-0.15, -0.1) is 10.2 Å². The van der Waals surface area contributed by atoms with E-state index in [1.807, 2.05) is 0 Å². The van der Waals surface area contributed by atoms with Crippen molar-refractivity contribution in [3.8, 4) is 0 Å². The average molecular weight is 440 g/mol. The van der Waals surface area contributed by atoms with Crippen LogP contribution in [0.4, 0.5) is 5.82 Å². The Morgan fingerprint density at radius 1 is 1.13 bits per heavy atom. The fourth-order valence-corrected chi connectivity index (χ4v) is 2.80. The maximum absolute atomic E-state index is 11.8. The number of carbonyl (C=O) groups excluding carboxylic acids is 4. The lowest BCUT2D eigenvalue weighted by atomic mass is 10.1. The Bertz CT molecular complexity index is 882. The van der Waals surface area contributed by atoms with Crippen molar-refractivity contribution < 1.29 is 38.1 Å². The third-order valence-corrected chi connectivity index (χ3v) is 3.90. The molecule has 14 nitrogen and oxygen atoms in total. The number of rotatable bonds is 8. The van der Waals surface area contributed by atoms with Crippen molar-refractivity contribution in [2.45, 2.75) is 45.3 Å². The largest absolute Gasteiger partial charge is 0.463 e. The first-order valence-corrected chi connectivity index (χ1v) is 9.10. The number of ether oxygens (including phenoxy) is 4. The first-order valence-electron chi connectivity index (χ1n) is 9.10. The third-order valence-electron chi connectivity index (χ3n) is 3.90. The molecule has 170 valence electrons. The highest BCUT2D eigenvalue weighted by atomic mass is 16.7. The number of hydrogen-bond donors (Lipinski definition) is 1. The molecule has 0 aromatic carbocycles. The summed E-state index contributed by atoms with van der Waals surface area (Å²) in [5.74, 6) is -2.86. The van der Waals surface area contributed by atoms with Gasteiger partial charge in [-0.05, 0) is 0 Å². The van der Waals surface area contributed by atoms with Gasteiger partial charge in [0.1, 0.15) is 18.3 Å². The summed E-state index contributed by atoms with van der Waals surface area (Å²) in [5, 5.41) is 13.2. The van der Waals surface area contributed by atoms with E-state index in [4.69, 9.17) is 24.7 Å². The van der Waals surface area contributed by atoms with Gasteiger partial charge in [-0.1, -0.05) is 5.22 Å². The zero-order chi connectivity index (χ0) is 23.3. The number of nitrogens with two attached hydrogens (primary N) is 1. The minimum atomic E-state index is -1.17. The Hall–Kier alpha value is -3.55. The molecular weight excluding hydrogens is 416 g/mol. The maximum Gasteiger partial charge on any atom is 0.303 e. The topological polar surface area (TPSA) is 177 Å². The Morgan fingerprint density at radius 3 is 2.26 bits per heavy atom. The Morgan fingerprint density at radius 2 is 1.74 bits per heavy atom. The maximum atomic E-state index is 11.8. The molecule has 2 N–H and O–H groups in total. The normalized spacial score (nSPS) is 22.9. The van der Waals surface area contributed by atoms with Gasteiger partial charge >= 0.3 is 17.9 Å². The smallest absolute Gasteiger partial charge is 0.303 e. The van der Waals surface area contributed by atoms with Crippen molar-refractivity contribution in [3.05, 3.63) is 11.8 Å². The second-order valence-electron chi connectivity index (χ2n) is 6.76. The molecule has 0 aliphatic carbocycles. The second kappa shape index (κ2) is 9.97. The average Bonchev–Trinajstić information content (AvgIpc) is 3.20. The molecule has 0 radical (unpaired) electrons. The van der Waals surface area contributed by atoms with Gasteiger partial charge in [0.15, 0.2) is 18.4 Å². The van der Waals surface area contributed by atoms with Gasteiger partial charge in [-0.25, -0.2) is 4.68 Å². The summed E-state index contributed by atoms with van der Waals surface area (Å²) in [4.78, 5) is 46.3. The number of amides is 1. The van der Waals surface area contributed by atoms with Crippen molar-refractivity contribution >= 4 is 29.6 Å². The molecule has 31 heavy (non-hydrogen) atoms. The van der Waals surface area contributed by atoms with Gasteiger partial charge < -0.3 is 24.7 Å². The second-order valence-corrected chi connectivity index (χ2v) is 6.76. The molecule has 0 spiro atoms. The minimum Gasteiger partial charge on any atom is -0.463 e. The Labute approximate surface area is 177 Å². The number of aromatic nitrogens is 2. The van der Waals surface area contributed by atoms with Crippen LogP contribution >= 0.6 is 0 Å². The fraction of sp³-hybridized carbons (Fsp3) is 0.588. The van der Waals surface area contributed by atoms with Crippen molar-refractivity contribution in [1.82, 2.24) is 14.8 Å². The summed E-state index contributed by atoms with van der Waals surface area (Å²) < 4.78 is 22.5. The van der Waals surface area contributed by atoms with Gasteiger partial charge in [0.2, 0.25) is 5.82 Å². The van der Waals surface area contributed by atoms with E-state index in [0.717, 1.165) is 11.6 Å². The van der Waals surface area contributed by atoms with Crippen LogP contribution in [0.5, 0.6) is 0 Å². The number of esters is 3. The molecule has 0 unspecified atom stereocenters. The molecule has 4 atom stereocenters. The van der Waals surface area contributed by atoms with Crippen LogP contribution < -0.4 is 5.73 Å². The molecule has 14 heteroatoms. The highest BCUT2D eigenvalue weighted by Crippen LogP contribution is 2.35. The van der Waals surface area contributed by atoms with Gasteiger partial charge in [0.05, 0.1) is 0 Å². The molecule has 1 amide bonds.